The largest absolute Gasteiger partial charge is 0.441 e. The topological polar surface area (TPSA) is 92.5 Å². The summed E-state index contributed by atoms with van der Waals surface area (Å²) in [4.78, 5) is 16.8. The quantitative estimate of drug-likeness (QED) is 0.508. The molecule has 0 bridgehead atoms. The normalized spacial score (nSPS) is 14.5. The van der Waals surface area contributed by atoms with Gasteiger partial charge in [-0.25, -0.2) is 13.4 Å². The number of amides is 1. The van der Waals surface area contributed by atoms with E-state index >= 15 is 0 Å². The number of hydrogen-bond donors (Lipinski definition) is 1. The average molecular weight is 488 g/mol. The lowest BCUT2D eigenvalue weighted by Crippen LogP contribution is -2.28. The van der Waals surface area contributed by atoms with E-state index in [2.05, 4.69) is 17.2 Å². The molecule has 1 aromatic heterocycles. The van der Waals surface area contributed by atoms with Crippen molar-refractivity contribution in [3.63, 3.8) is 0 Å². The zero-order valence-corrected chi connectivity index (χ0v) is 20.2. The van der Waals surface area contributed by atoms with E-state index in [1.165, 1.54) is 27.6 Å². The minimum atomic E-state index is -3.69. The number of anilines is 1. The Morgan fingerprint density at radius 3 is 2.61 bits per heavy atom. The lowest BCUT2D eigenvalue weighted by Gasteiger charge is -2.17. The van der Waals surface area contributed by atoms with Crippen molar-refractivity contribution < 1.29 is 17.6 Å². The van der Waals surface area contributed by atoms with Gasteiger partial charge >= 0.3 is 0 Å². The Bertz CT molecular complexity index is 1280. The Hall–Kier alpha value is -2.68. The number of sulfonamides is 1. The van der Waals surface area contributed by atoms with Gasteiger partial charge in [0.15, 0.2) is 11.7 Å². The number of carbonyl (C=O) groups is 1. The molecule has 7 nitrogen and oxygen atoms in total. The number of halogens is 1. The Balaban J connectivity index is 1.39. The highest BCUT2D eigenvalue weighted by molar-refractivity contribution is 7.89. The van der Waals surface area contributed by atoms with Crippen LogP contribution in [0.4, 0.5) is 5.69 Å². The summed E-state index contributed by atoms with van der Waals surface area (Å²) < 4.78 is 33.0. The number of nitrogens with one attached hydrogen (secondary N) is 1. The SMILES string of the molecule is Cc1ccc(-c2cnc(CCC(=O)Nc3ccc(Cl)c(S(=O)(=O)N4CCCC4)c3)o2)cc1C. The van der Waals surface area contributed by atoms with Gasteiger partial charge < -0.3 is 9.73 Å². The monoisotopic (exact) mass is 487 g/mol. The number of carbonyl (C=O) groups excluding carboxylic acids is 1. The van der Waals surface area contributed by atoms with Crippen molar-refractivity contribution >= 4 is 33.2 Å². The van der Waals surface area contributed by atoms with Crippen LogP contribution in [0.1, 0.15) is 36.3 Å². The Morgan fingerprint density at radius 1 is 1.12 bits per heavy atom. The number of aromatic nitrogens is 1. The number of hydrogen-bond acceptors (Lipinski definition) is 5. The molecule has 174 valence electrons. The highest BCUT2D eigenvalue weighted by atomic mass is 35.5. The van der Waals surface area contributed by atoms with Crippen LogP contribution in [0.25, 0.3) is 11.3 Å². The third-order valence-electron chi connectivity index (χ3n) is 5.81. The Labute approximate surface area is 198 Å². The molecular weight excluding hydrogens is 462 g/mol. The van der Waals surface area contributed by atoms with Gasteiger partial charge in [0, 0.05) is 37.2 Å². The van der Waals surface area contributed by atoms with Gasteiger partial charge in [-0.3, -0.25) is 4.79 Å². The lowest BCUT2D eigenvalue weighted by atomic mass is 10.1. The first-order chi connectivity index (χ1) is 15.7. The molecule has 2 heterocycles. The van der Waals surface area contributed by atoms with Crippen LogP contribution in [0.2, 0.25) is 5.02 Å². The summed E-state index contributed by atoms with van der Waals surface area (Å²) in [6, 6.07) is 10.5. The van der Waals surface area contributed by atoms with E-state index in [-0.39, 0.29) is 22.2 Å². The van der Waals surface area contributed by atoms with E-state index in [4.69, 9.17) is 16.0 Å². The molecular formula is C24H26ClN3O4S. The molecule has 1 saturated heterocycles. The van der Waals surface area contributed by atoms with E-state index in [0.29, 0.717) is 36.8 Å². The summed E-state index contributed by atoms with van der Waals surface area (Å²) in [7, 11) is -3.69. The second-order valence-electron chi connectivity index (χ2n) is 8.22. The number of rotatable bonds is 7. The van der Waals surface area contributed by atoms with Crippen LogP contribution in [0.15, 0.2) is 51.9 Å². The molecule has 1 fully saturated rings. The highest BCUT2D eigenvalue weighted by Crippen LogP contribution is 2.30. The minimum absolute atomic E-state index is 0.00889. The van der Waals surface area contributed by atoms with Gasteiger partial charge in [-0.15, -0.1) is 0 Å². The molecule has 0 aliphatic carbocycles. The molecule has 1 aliphatic heterocycles. The number of benzene rings is 2. The van der Waals surface area contributed by atoms with Crippen molar-refractivity contribution in [3.8, 4) is 11.3 Å². The van der Waals surface area contributed by atoms with Crippen molar-refractivity contribution in [1.29, 1.82) is 0 Å². The fourth-order valence-electron chi connectivity index (χ4n) is 3.74. The van der Waals surface area contributed by atoms with E-state index in [1.54, 1.807) is 12.3 Å². The van der Waals surface area contributed by atoms with Gasteiger partial charge in [0.05, 0.1) is 11.2 Å². The summed E-state index contributed by atoms with van der Waals surface area (Å²) in [5.74, 6) is 0.850. The van der Waals surface area contributed by atoms with Gasteiger partial charge in [0.2, 0.25) is 15.9 Å². The number of oxazole rings is 1. The molecule has 0 atom stereocenters. The fourth-order valence-corrected chi connectivity index (χ4v) is 5.76. The van der Waals surface area contributed by atoms with Gasteiger partial charge in [-0.05, 0) is 62.1 Å². The molecule has 2 aromatic carbocycles. The number of nitrogens with zero attached hydrogens (tertiary/aromatic N) is 2. The molecule has 0 radical (unpaired) electrons. The van der Waals surface area contributed by atoms with Crippen molar-refractivity contribution in [3.05, 3.63) is 64.6 Å². The van der Waals surface area contributed by atoms with Crippen LogP contribution < -0.4 is 5.32 Å². The van der Waals surface area contributed by atoms with E-state index in [9.17, 15) is 13.2 Å². The second-order valence-corrected chi connectivity index (χ2v) is 10.5. The third-order valence-corrected chi connectivity index (χ3v) is 8.19. The molecule has 0 spiro atoms. The lowest BCUT2D eigenvalue weighted by molar-refractivity contribution is -0.116. The smallest absolute Gasteiger partial charge is 0.244 e. The van der Waals surface area contributed by atoms with Crippen molar-refractivity contribution in [1.82, 2.24) is 9.29 Å². The summed E-state index contributed by atoms with van der Waals surface area (Å²) in [6.45, 7) is 5.05. The summed E-state index contributed by atoms with van der Waals surface area (Å²) >= 11 is 6.17. The van der Waals surface area contributed by atoms with Crippen LogP contribution in [0, 0.1) is 13.8 Å². The van der Waals surface area contributed by atoms with Gasteiger partial charge in [-0.2, -0.15) is 4.31 Å². The Morgan fingerprint density at radius 2 is 1.88 bits per heavy atom. The molecule has 3 aromatic rings. The molecule has 0 saturated carbocycles. The third kappa shape index (κ3) is 5.29. The first kappa shape index (κ1) is 23.5. The maximum Gasteiger partial charge on any atom is 0.244 e. The highest BCUT2D eigenvalue weighted by Gasteiger charge is 2.29. The van der Waals surface area contributed by atoms with Crippen LogP contribution >= 0.6 is 11.6 Å². The van der Waals surface area contributed by atoms with Crippen LogP contribution in [0.5, 0.6) is 0 Å². The summed E-state index contributed by atoms with van der Waals surface area (Å²) in [6.07, 6.45) is 3.79. The van der Waals surface area contributed by atoms with E-state index in [0.717, 1.165) is 18.4 Å². The maximum atomic E-state index is 12.9. The molecule has 1 amide bonds. The minimum Gasteiger partial charge on any atom is -0.441 e. The first-order valence-electron chi connectivity index (χ1n) is 10.9. The molecule has 9 heteroatoms. The van der Waals surface area contributed by atoms with Crippen molar-refractivity contribution in [2.75, 3.05) is 18.4 Å². The van der Waals surface area contributed by atoms with Gasteiger partial charge in [0.1, 0.15) is 4.90 Å². The van der Waals surface area contributed by atoms with Crippen LogP contribution in [-0.2, 0) is 21.2 Å². The molecule has 0 unspecified atom stereocenters. The molecule has 1 aliphatic rings. The van der Waals surface area contributed by atoms with Crippen LogP contribution in [0.3, 0.4) is 0 Å². The summed E-state index contributed by atoms with van der Waals surface area (Å²) in [5, 5.41) is 2.88. The summed E-state index contributed by atoms with van der Waals surface area (Å²) in [5.41, 5.74) is 3.69. The van der Waals surface area contributed by atoms with Gasteiger partial charge in [-0.1, -0.05) is 23.7 Å². The predicted octanol–water partition coefficient (Wildman–Crippen LogP) is 4.97. The molecule has 1 N–H and O–H groups in total. The maximum absolute atomic E-state index is 12.9. The number of aryl methyl sites for hydroxylation is 3. The van der Waals surface area contributed by atoms with E-state index < -0.39 is 10.0 Å². The van der Waals surface area contributed by atoms with Crippen molar-refractivity contribution in [2.24, 2.45) is 0 Å². The zero-order chi connectivity index (χ0) is 23.6. The zero-order valence-electron chi connectivity index (χ0n) is 18.6. The average Bonchev–Trinajstić information content (AvgIpc) is 3.48. The van der Waals surface area contributed by atoms with E-state index in [1.807, 2.05) is 25.1 Å². The first-order valence-corrected chi connectivity index (χ1v) is 12.7. The predicted molar refractivity (Wildman–Crippen MR) is 128 cm³/mol. The standard InChI is InChI=1S/C24H26ClN3O4S/c1-16-5-6-18(13-17(16)2)21-15-26-24(32-21)10-9-23(29)27-19-7-8-20(25)22(14-19)33(30,31)28-11-3-4-12-28/h5-8,13-15H,3-4,9-12H2,1-2H3,(H,27,29). The molecule has 4 rings (SSSR count). The fraction of sp³-hybridized carbons (Fsp3) is 0.333. The van der Waals surface area contributed by atoms with Crippen LogP contribution in [-0.4, -0.2) is 36.7 Å². The second kappa shape index (κ2) is 9.67. The van der Waals surface area contributed by atoms with Crippen molar-refractivity contribution in [2.45, 2.75) is 44.4 Å². The Kier molecular flexibility index (Phi) is 6.88. The van der Waals surface area contributed by atoms with Gasteiger partial charge in [0.25, 0.3) is 0 Å². The molecule has 33 heavy (non-hydrogen) atoms.